The van der Waals surface area contributed by atoms with E-state index in [2.05, 4.69) is 34.6 Å². The summed E-state index contributed by atoms with van der Waals surface area (Å²) in [5.41, 5.74) is 6.02. The van der Waals surface area contributed by atoms with Crippen molar-refractivity contribution in [2.75, 3.05) is 12.5 Å². The van der Waals surface area contributed by atoms with Crippen LogP contribution in [0.15, 0.2) is 47.7 Å². The van der Waals surface area contributed by atoms with Gasteiger partial charge in [-0.05, 0) is 18.6 Å². The Morgan fingerprint density at radius 1 is 1.10 bits per heavy atom. The van der Waals surface area contributed by atoms with Gasteiger partial charge in [0.25, 0.3) is 0 Å². The van der Waals surface area contributed by atoms with Gasteiger partial charge in [0.1, 0.15) is 0 Å². The summed E-state index contributed by atoms with van der Waals surface area (Å²) in [6, 6.07) is 11.8. The second kappa shape index (κ2) is 8.69. The molecule has 1 heterocycles. The van der Waals surface area contributed by atoms with Gasteiger partial charge in [0, 0.05) is 6.07 Å². The number of aromatic nitrogens is 1. The Bertz CT molecular complexity index is 518. The van der Waals surface area contributed by atoms with Crippen molar-refractivity contribution < 1.29 is 4.74 Å². The molecule has 1 N–H and O–H groups in total. The molecule has 0 saturated heterocycles. The predicted molar refractivity (Wildman–Crippen MR) is 84.5 cm³/mol. The summed E-state index contributed by atoms with van der Waals surface area (Å²) in [6.45, 7) is 6.06. The first kappa shape index (κ1) is 15.7. The molecule has 0 saturated carbocycles. The molecular weight excluding hydrogens is 250 g/mol. The molecule has 0 amide bonds. The molecule has 0 spiro atoms. The van der Waals surface area contributed by atoms with E-state index in [1.165, 1.54) is 5.56 Å². The van der Waals surface area contributed by atoms with Crippen molar-refractivity contribution in [3.8, 4) is 5.88 Å². The van der Waals surface area contributed by atoms with E-state index in [4.69, 9.17) is 4.74 Å². The van der Waals surface area contributed by atoms with E-state index in [-0.39, 0.29) is 0 Å². The minimum atomic E-state index is 0.586. The lowest BCUT2D eigenvalue weighted by atomic mass is 10.2. The molecule has 0 aliphatic rings. The number of nitrogens with one attached hydrogen (secondary N) is 1. The number of nitrogens with zero attached hydrogens (tertiary/aromatic N) is 2. The molecule has 0 atom stereocenters. The molecule has 4 heteroatoms. The van der Waals surface area contributed by atoms with Crippen LogP contribution in [0, 0.1) is 6.92 Å². The molecular formula is C16H21N3O. The zero-order valence-corrected chi connectivity index (χ0v) is 12.4. The van der Waals surface area contributed by atoms with Crippen molar-refractivity contribution in [2.45, 2.75) is 20.8 Å². The Morgan fingerprint density at radius 2 is 1.80 bits per heavy atom. The van der Waals surface area contributed by atoms with E-state index < -0.39 is 0 Å². The molecule has 0 radical (unpaired) electrons. The third-order valence-corrected chi connectivity index (χ3v) is 2.43. The van der Waals surface area contributed by atoms with Crippen molar-refractivity contribution in [1.29, 1.82) is 0 Å². The maximum absolute atomic E-state index is 4.98. The Labute approximate surface area is 120 Å². The van der Waals surface area contributed by atoms with E-state index in [0.717, 1.165) is 11.3 Å². The van der Waals surface area contributed by atoms with Gasteiger partial charge in [-0.25, -0.2) is 4.98 Å². The number of hydrazone groups is 1. The van der Waals surface area contributed by atoms with Gasteiger partial charge < -0.3 is 4.74 Å². The molecule has 0 bridgehead atoms. The van der Waals surface area contributed by atoms with Crippen LogP contribution in [0.3, 0.4) is 0 Å². The molecule has 0 aliphatic heterocycles. The average molecular weight is 271 g/mol. The number of aryl methyl sites for hydroxylation is 1. The molecule has 0 aliphatic carbocycles. The summed E-state index contributed by atoms with van der Waals surface area (Å²) in [4.78, 5) is 4.08. The van der Waals surface area contributed by atoms with Crippen molar-refractivity contribution in [1.82, 2.24) is 4.98 Å². The highest BCUT2D eigenvalue weighted by molar-refractivity contribution is 5.80. The highest BCUT2D eigenvalue weighted by Gasteiger charge is 1.93. The number of pyridine rings is 1. The molecule has 1 aromatic heterocycles. The third-order valence-electron chi connectivity index (χ3n) is 2.43. The minimum Gasteiger partial charge on any atom is -0.481 e. The molecule has 0 fully saturated rings. The largest absolute Gasteiger partial charge is 0.481 e. The zero-order chi connectivity index (χ0) is 14.8. The Morgan fingerprint density at radius 3 is 2.35 bits per heavy atom. The predicted octanol–water partition coefficient (Wildman–Crippen LogP) is 3.87. The van der Waals surface area contributed by atoms with E-state index in [9.17, 15) is 0 Å². The number of hydrogen-bond donors (Lipinski definition) is 1. The Balaban J connectivity index is 0.000000956. The van der Waals surface area contributed by atoms with Crippen LogP contribution in [-0.2, 0) is 0 Å². The molecule has 106 valence electrons. The van der Waals surface area contributed by atoms with Crippen molar-refractivity contribution in [3.63, 3.8) is 0 Å². The first-order valence-electron chi connectivity index (χ1n) is 6.64. The van der Waals surface area contributed by atoms with Crippen LogP contribution < -0.4 is 10.2 Å². The van der Waals surface area contributed by atoms with Gasteiger partial charge in [-0.1, -0.05) is 43.7 Å². The standard InChI is InChI=1S/C14H15N3O.C2H6/c1-11-3-5-12(6-4-11)9-16-17-13-7-8-14(18-2)15-10-13;1-2/h3-10,17H,1-2H3;1-2H3. The first-order chi connectivity index (χ1) is 9.78. The lowest BCUT2D eigenvalue weighted by Crippen LogP contribution is -1.92. The van der Waals surface area contributed by atoms with Crippen LogP contribution in [0.4, 0.5) is 5.69 Å². The number of benzene rings is 1. The molecule has 20 heavy (non-hydrogen) atoms. The van der Waals surface area contributed by atoms with Crippen LogP contribution in [0.2, 0.25) is 0 Å². The fourth-order valence-electron chi connectivity index (χ4n) is 1.40. The summed E-state index contributed by atoms with van der Waals surface area (Å²) < 4.78 is 4.98. The maximum atomic E-state index is 4.98. The monoisotopic (exact) mass is 271 g/mol. The SMILES string of the molecule is CC.COc1ccc(NN=Cc2ccc(C)cc2)cn1. The fourth-order valence-corrected chi connectivity index (χ4v) is 1.40. The normalized spacial score (nSPS) is 9.80. The average Bonchev–Trinajstić information content (AvgIpc) is 2.52. The molecule has 2 aromatic rings. The number of ether oxygens (including phenoxy) is 1. The minimum absolute atomic E-state index is 0.586. The summed E-state index contributed by atoms with van der Waals surface area (Å²) in [5, 5.41) is 4.14. The lowest BCUT2D eigenvalue weighted by molar-refractivity contribution is 0.398. The van der Waals surface area contributed by atoms with Crippen LogP contribution in [-0.4, -0.2) is 18.3 Å². The van der Waals surface area contributed by atoms with Gasteiger partial charge in [0.2, 0.25) is 5.88 Å². The molecule has 1 aromatic carbocycles. The van der Waals surface area contributed by atoms with Crippen molar-refractivity contribution >= 4 is 11.9 Å². The van der Waals surface area contributed by atoms with Crippen LogP contribution >= 0.6 is 0 Å². The molecule has 0 unspecified atom stereocenters. The zero-order valence-electron chi connectivity index (χ0n) is 12.4. The molecule has 4 nitrogen and oxygen atoms in total. The first-order valence-corrected chi connectivity index (χ1v) is 6.64. The van der Waals surface area contributed by atoms with Crippen LogP contribution in [0.1, 0.15) is 25.0 Å². The van der Waals surface area contributed by atoms with E-state index in [1.807, 2.05) is 32.0 Å². The van der Waals surface area contributed by atoms with Crippen molar-refractivity contribution in [2.24, 2.45) is 5.10 Å². The maximum Gasteiger partial charge on any atom is 0.213 e. The van der Waals surface area contributed by atoms with Gasteiger partial charge in [-0.15, -0.1) is 0 Å². The molecule has 2 rings (SSSR count). The smallest absolute Gasteiger partial charge is 0.213 e. The van der Waals surface area contributed by atoms with Crippen molar-refractivity contribution in [3.05, 3.63) is 53.7 Å². The summed E-state index contributed by atoms with van der Waals surface area (Å²) in [5.74, 6) is 0.586. The third kappa shape index (κ3) is 5.10. The quantitative estimate of drug-likeness (QED) is 0.678. The second-order valence-electron chi connectivity index (χ2n) is 3.87. The number of anilines is 1. The van der Waals surface area contributed by atoms with Gasteiger partial charge in [-0.3, -0.25) is 5.43 Å². The summed E-state index contributed by atoms with van der Waals surface area (Å²) in [7, 11) is 1.59. The van der Waals surface area contributed by atoms with E-state index >= 15 is 0 Å². The van der Waals surface area contributed by atoms with Gasteiger partial charge in [0.15, 0.2) is 0 Å². The van der Waals surface area contributed by atoms with Crippen LogP contribution in [0.25, 0.3) is 0 Å². The number of methoxy groups -OCH3 is 1. The summed E-state index contributed by atoms with van der Waals surface area (Å²) >= 11 is 0. The Hall–Kier alpha value is -2.36. The number of rotatable bonds is 4. The van der Waals surface area contributed by atoms with E-state index in [1.54, 1.807) is 25.6 Å². The highest BCUT2D eigenvalue weighted by Crippen LogP contribution is 2.10. The Kier molecular flexibility index (Phi) is 6.82. The second-order valence-corrected chi connectivity index (χ2v) is 3.87. The topological polar surface area (TPSA) is 46.5 Å². The van der Waals surface area contributed by atoms with E-state index in [0.29, 0.717) is 5.88 Å². The lowest BCUT2D eigenvalue weighted by Gasteiger charge is -2.01. The highest BCUT2D eigenvalue weighted by atomic mass is 16.5. The fraction of sp³-hybridized carbons (Fsp3) is 0.250. The van der Waals surface area contributed by atoms with Gasteiger partial charge in [0.05, 0.1) is 25.2 Å². The van der Waals surface area contributed by atoms with Crippen LogP contribution in [0.5, 0.6) is 5.88 Å². The summed E-state index contributed by atoms with van der Waals surface area (Å²) in [6.07, 6.45) is 3.44. The number of hydrogen-bond acceptors (Lipinski definition) is 4. The van der Waals surface area contributed by atoms with Gasteiger partial charge in [-0.2, -0.15) is 5.10 Å². The van der Waals surface area contributed by atoms with Gasteiger partial charge >= 0.3 is 0 Å².